The lowest BCUT2D eigenvalue weighted by molar-refractivity contribution is -0.145. The van der Waals surface area contributed by atoms with Gasteiger partial charge in [0, 0.05) is 0 Å². The average molecular weight is 391 g/mol. The molecule has 0 aromatic heterocycles. The first-order valence-electron chi connectivity index (χ1n) is 8.16. The fourth-order valence-electron chi connectivity index (χ4n) is 1.91. The molecule has 0 aliphatic carbocycles. The summed E-state index contributed by atoms with van der Waals surface area (Å²) in [7, 11) is 0. The van der Waals surface area contributed by atoms with E-state index in [2.05, 4.69) is 10.5 Å². The Balaban J connectivity index is 1.74. The summed E-state index contributed by atoms with van der Waals surface area (Å²) in [6, 6.07) is 13.7. The van der Waals surface area contributed by atoms with Gasteiger partial charge in [0.2, 0.25) is 0 Å². The first kappa shape index (κ1) is 20.3. The summed E-state index contributed by atoms with van der Waals surface area (Å²) in [6.07, 6.45) is 1.47. The fraction of sp³-hybridized carbons (Fsp3) is 0.211. The molecule has 0 saturated carbocycles. The van der Waals surface area contributed by atoms with Crippen LogP contribution in [0.25, 0.3) is 0 Å². The average Bonchev–Trinajstić information content (AvgIpc) is 2.67. The molecule has 0 atom stereocenters. The molecule has 8 heteroatoms. The molecule has 0 spiro atoms. The highest BCUT2D eigenvalue weighted by molar-refractivity contribution is 6.32. The summed E-state index contributed by atoms with van der Waals surface area (Å²) < 4.78 is 15.4. The molecule has 2 aromatic carbocycles. The summed E-state index contributed by atoms with van der Waals surface area (Å²) in [5, 5.41) is 4.28. The van der Waals surface area contributed by atoms with E-state index in [1.807, 2.05) is 0 Å². The van der Waals surface area contributed by atoms with E-state index in [0.717, 1.165) is 5.56 Å². The van der Waals surface area contributed by atoms with Crippen molar-refractivity contribution in [3.05, 3.63) is 59.1 Å². The van der Waals surface area contributed by atoms with Crippen LogP contribution in [-0.4, -0.2) is 37.9 Å². The lowest BCUT2D eigenvalue weighted by atomic mass is 10.2. The number of rotatable bonds is 9. The minimum Gasteiger partial charge on any atom is -0.482 e. The zero-order chi connectivity index (χ0) is 19.5. The third kappa shape index (κ3) is 7.37. The van der Waals surface area contributed by atoms with E-state index >= 15 is 0 Å². The Labute approximate surface area is 161 Å². The van der Waals surface area contributed by atoms with Crippen molar-refractivity contribution < 1.29 is 23.8 Å². The Morgan fingerprint density at radius 1 is 1.07 bits per heavy atom. The van der Waals surface area contributed by atoms with Crippen LogP contribution in [0.15, 0.2) is 53.6 Å². The summed E-state index contributed by atoms with van der Waals surface area (Å²) >= 11 is 5.94. The topological polar surface area (TPSA) is 86.2 Å². The van der Waals surface area contributed by atoms with Crippen LogP contribution in [0, 0.1) is 0 Å². The van der Waals surface area contributed by atoms with Gasteiger partial charge in [-0.15, -0.1) is 0 Å². The second kappa shape index (κ2) is 10.8. The zero-order valence-corrected chi connectivity index (χ0v) is 15.4. The number of hydrogen-bond acceptors (Lipinski definition) is 6. The van der Waals surface area contributed by atoms with E-state index in [0.29, 0.717) is 23.1 Å². The van der Waals surface area contributed by atoms with Gasteiger partial charge in [-0.3, -0.25) is 4.79 Å². The maximum atomic E-state index is 11.7. The molecule has 142 valence electrons. The van der Waals surface area contributed by atoms with E-state index < -0.39 is 11.9 Å². The van der Waals surface area contributed by atoms with Crippen LogP contribution in [0.2, 0.25) is 5.02 Å². The van der Waals surface area contributed by atoms with Gasteiger partial charge in [-0.05, 0) is 48.9 Å². The molecular formula is C19H19ClN2O5. The van der Waals surface area contributed by atoms with Gasteiger partial charge in [-0.1, -0.05) is 23.7 Å². The molecule has 7 nitrogen and oxygen atoms in total. The first-order valence-corrected chi connectivity index (χ1v) is 8.54. The number of halogens is 1. The molecule has 0 aliphatic heterocycles. The summed E-state index contributed by atoms with van der Waals surface area (Å²) in [6.45, 7) is 1.69. The predicted molar refractivity (Wildman–Crippen MR) is 101 cm³/mol. The number of nitrogens with one attached hydrogen (secondary N) is 1. The van der Waals surface area contributed by atoms with Gasteiger partial charge < -0.3 is 14.2 Å². The van der Waals surface area contributed by atoms with Crippen molar-refractivity contribution in [2.24, 2.45) is 5.10 Å². The van der Waals surface area contributed by atoms with E-state index in [9.17, 15) is 9.59 Å². The molecule has 0 saturated heterocycles. The van der Waals surface area contributed by atoms with Crippen LogP contribution in [0.1, 0.15) is 12.5 Å². The minimum absolute atomic E-state index is 0.150. The molecule has 0 fully saturated rings. The van der Waals surface area contributed by atoms with E-state index in [-0.39, 0.29) is 13.2 Å². The number of benzene rings is 2. The van der Waals surface area contributed by atoms with Gasteiger partial charge in [-0.25, -0.2) is 10.2 Å². The molecule has 0 unspecified atom stereocenters. The highest BCUT2D eigenvalue weighted by atomic mass is 35.5. The van der Waals surface area contributed by atoms with Crippen LogP contribution in [-0.2, 0) is 14.3 Å². The van der Waals surface area contributed by atoms with Gasteiger partial charge in [0.05, 0.1) is 17.8 Å². The van der Waals surface area contributed by atoms with Crippen LogP contribution in [0.5, 0.6) is 11.5 Å². The molecule has 1 amide bonds. The minimum atomic E-state index is -0.426. The van der Waals surface area contributed by atoms with Crippen LogP contribution in [0.4, 0.5) is 0 Å². The third-order valence-corrected chi connectivity index (χ3v) is 3.45. The standard InChI is InChI=1S/C19H19ClN2O5/c1-2-25-19(24)13-26-15-9-7-14(8-10-15)11-21-22-18(23)12-27-17-6-4-3-5-16(17)20/h3-11H,2,12-13H2,1H3,(H,22,23)/b21-11-. The van der Waals surface area contributed by atoms with Crippen LogP contribution in [0.3, 0.4) is 0 Å². The third-order valence-electron chi connectivity index (χ3n) is 3.14. The Kier molecular flexibility index (Phi) is 8.12. The number of carbonyl (C=O) groups excluding carboxylic acids is 2. The van der Waals surface area contributed by atoms with Crippen molar-refractivity contribution >= 4 is 29.7 Å². The molecule has 0 heterocycles. The van der Waals surface area contributed by atoms with E-state index in [1.54, 1.807) is 55.5 Å². The van der Waals surface area contributed by atoms with Crippen molar-refractivity contribution in [1.82, 2.24) is 5.43 Å². The van der Waals surface area contributed by atoms with Crippen LogP contribution < -0.4 is 14.9 Å². The molecule has 0 aliphatic rings. The quantitative estimate of drug-likeness (QED) is 0.404. The van der Waals surface area contributed by atoms with Gasteiger partial charge in [0.1, 0.15) is 11.5 Å². The lowest BCUT2D eigenvalue weighted by Gasteiger charge is -2.06. The van der Waals surface area contributed by atoms with E-state index in [4.69, 9.17) is 25.8 Å². The van der Waals surface area contributed by atoms with Crippen molar-refractivity contribution in [3.8, 4) is 11.5 Å². The Hall–Kier alpha value is -3.06. The largest absolute Gasteiger partial charge is 0.482 e. The number of nitrogens with zero attached hydrogens (tertiary/aromatic N) is 1. The molecule has 0 radical (unpaired) electrons. The summed E-state index contributed by atoms with van der Waals surface area (Å²) in [5.74, 6) is 0.111. The summed E-state index contributed by atoms with van der Waals surface area (Å²) in [5.41, 5.74) is 3.10. The maximum Gasteiger partial charge on any atom is 0.344 e. The van der Waals surface area contributed by atoms with Gasteiger partial charge in [0.25, 0.3) is 5.91 Å². The number of para-hydroxylation sites is 1. The smallest absolute Gasteiger partial charge is 0.344 e. The Morgan fingerprint density at radius 3 is 2.52 bits per heavy atom. The van der Waals surface area contributed by atoms with E-state index in [1.165, 1.54) is 6.21 Å². The number of hydrogen-bond donors (Lipinski definition) is 1. The number of hydrazone groups is 1. The van der Waals surface area contributed by atoms with Crippen molar-refractivity contribution in [2.75, 3.05) is 19.8 Å². The normalized spacial score (nSPS) is 10.4. The fourth-order valence-corrected chi connectivity index (χ4v) is 2.10. The second-order valence-corrected chi connectivity index (χ2v) is 5.58. The van der Waals surface area contributed by atoms with Gasteiger partial charge in [0.15, 0.2) is 13.2 Å². The molecule has 0 bridgehead atoms. The number of esters is 1. The lowest BCUT2D eigenvalue weighted by Crippen LogP contribution is -2.24. The monoisotopic (exact) mass is 390 g/mol. The van der Waals surface area contributed by atoms with Gasteiger partial charge >= 0.3 is 5.97 Å². The molecular weight excluding hydrogens is 372 g/mol. The first-order chi connectivity index (χ1) is 13.1. The van der Waals surface area contributed by atoms with Crippen molar-refractivity contribution in [2.45, 2.75) is 6.92 Å². The maximum absolute atomic E-state index is 11.7. The van der Waals surface area contributed by atoms with Crippen molar-refractivity contribution in [3.63, 3.8) is 0 Å². The highest BCUT2D eigenvalue weighted by Gasteiger charge is 2.05. The molecule has 1 N–H and O–H groups in total. The SMILES string of the molecule is CCOC(=O)COc1ccc(/C=N\NC(=O)COc2ccccc2Cl)cc1. The predicted octanol–water partition coefficient (Wildman–Crippen LogP) is 2.81. The Bertz CT molecular complexity index is 793. The zero-order valence-electron chi connectivity index (χ0n) is 14.7. The Morgan fingerprint density at radius 2 is 1.81 bits per heavy atom. The number of ether oxygens (including phenoxy) is 3. The van der Waals surface area contributed by atoms with Crippen LogP contribution >= 0.6 is 11.6 Å². The highest BCUT2D eigenvalue weighted by Crippen LogP contribution is 2.22. The number of amides is 1. The van der Waals surface area contributed by atoms with Crippen molar-refractivity contribution in [1.29, 1.82) is 0 Å². The molecule has 2 aromatic rings. The molecule has 27 heavy (non-hydrogen) atoms. The van der Waals surface area contributed by atoms with Gasteiger partial charge in [-0.2, -0.15) is 5.10 Å². The number of carbonyl (C=O) groups is 2. The molecule has 2 rings (SSSR count). The second-order valence-electron chi connectivity index (χ2n) is 5.18. The summed E-state index contributed by atoms with van der Waals surface area (Å²) in [4.78, 5) is 22.9.